The van der Waals surface area contributed by atoms with Crippen LogP contribution in [0.2, 0.25) is 0 Å². The van der Waals surface area contributed by atoms with Crippen molar-refractivity contribution in [3.05, 3.63) is 33.8 Å². The summed E-state index contributed by atoms with van der Waals surface area (Å²) in [6.45, 7) is 3.07. The van der Waals surface area contributed by atoms with Gasteiger partial charge in [0.1, 0.15) is 24.2 Å². The molecule has 2 N–H and O–H groups in total. The van der Waals surface area contributed by atoms with Gasteiger partial charge in [0, 0.05) is 12.8 Å². The maximum atomic E-state index is 15.4. The van der Waals surface area contributed by atoms with Crippen molar-refractivity contribution in [2.24, 2.45) is 0 Å². The fraction of sp³-hybridized carbons (Fsp3) is 0.308. The highest BCUT2D eigenvalue weighted by molar-refractivity contribution is 7.20. The molecule has 4 rings (SSSR count). The summed E-state index contributed by atoms with van der Waals surface area (Å²) in [4.78, 5) is 62.3. The van der Waals surface area contributed by atoms with Crippen molar-refractivity contribution in [1.29, 1.82) is 0 Å². The van der Waals surface area contributed by atoms with E-state index in [-0.39, 0.29) is 74.1 Å². The predicted molar refractivity (Wildman–Crippen MR) is 150 cm³/mol. The first-order valence-corrected chi connectivity index (χ1v) is 14.1. The molecule has 0 fully saturated rings. The smallest absolute Gasteiger partial charge is 0.303 e. The van der Waals surface area contributed by atoms with Crippen LogP contribution < -0.4 is 18.9 Å². The molecule has 0 aromatic carbocycles. The number of pyridine rings is 2. The maximum absolute atomic E-state index is 15.4. The number of methoxy groups -OCH3 is 2. The Morgan fingerprint density at radius 1 is 0.705 bits per heavy atom. The van der Waals surface area contributed by atoms with Crippen LogP contribution in [0, 0.1) is 11.6 Å². The molecule has 0 amide bonds. The summed E-state index contributed by atoms with van der Waals surface area (Å²) in [5, 5.41) is 17.3. The summed E-state index contributed by atoms with van der Waals surface area (Å²) in [5.41, 5.74) is -0.359. The summed E-state index contributed by atoms with van der Waals surface area (Å²) in [7, 11) is 2.44. The van der Waals surface area contributed by atoms with Gasteiger partial charge < -0.3 is 29.2 Å². The molecular weight excluding hydrogens is 630 g/mol. The standard InChI is InChI=1S/C26H22F2N4O10S2/c1-10(8-41-19-15(27)17-25(31-21(19)39-2)43-23(29-17)11(33)4-6-13(35)36)9-42-20-16(28)18-26(32-22(20)40-3)44-24(30-18)12(34)5-7-14(37)38/h1,4-9H2,2-3H3,(H,35,36)(H,37,38). The summed E-state index contributed by atoms with van der Waals surface area (Å²) < 4.78 is 52.0. The van der Waals surface area contributed by atoms with E-state index in [1.807, 2.05) is 0 Å². The monoisotopic (exact) mass is 652 g/mol. The van der Waals surface area contributed by atoms with Crippen LogP contribution in [-0.4, -0.2) is 81.1 Å². The predicted octanol–water partition coefficient (Wildman–Crippen LogP) is 4.10. The van der Waals surface area contributed by atoms with Gasteiger partial charge in [-0.25, -0.2) is 18.7 Å². The number of fused-ring (bicyclic) bond motifs is 2. The molecule has 18 heteroatoms. The number of aromatic nitrogens is 4. The molecule has 0 atom stereocenters. The number of hydrogen-bond acceptors (Lipinski definition) is 14. The van der Waals surface area contributed by atoms with Crippen LogP contribution >= 0.6 is 22.7 Å². The van der Waals surface area contributed by atoms with E-state index in [2.05, 4.69) is 26.5 Å². The van der Waals surface area contributed by atoms with E-state index in [1.165, 1.54) is 14.2 Å². The summed E-state index contributed by atoms with van der Waals surface area (Å²) in [6, 6.07) is 0. The number of aliphatic carboxylic acids is 2. The number of thiazole rings is 2. The lowest BCUT2D eigenvalue weighted by Crippen LogP contribution is -2.12. The molecule has 14 nitrogen and oxygen atoms in total. The van der Waals surface area contributed by atoms with Crippen LogP contribution in [0.5, 0.6) is 23.3 Å². The summed E-state index contributed by atoms with van der Waals surface area (Å²) in [6.07, 6.45) is -1.46. The molecule has 0 aliphatic carbocycles. The molecule has 4 heterocycles. The molecule has 4 aromatic heterocycles. The number of ether oxygens (including phenoxy) is 4. The van der Waals surface area contributed by atoms with E-state index in [1.54, 1.807) is 0 Å². The Morgan fingerprint density at radius 2 is 1.09 bits per heavy atom. The van der Waals surface area contributed by atoms with E-state index in [0.29, 0.717) is 0 Å². The van der Waals surface area contributed by atoms with Gasteiger partial charge in [-0.1, -0.05) is 29.3 Å². The minimum absolute atomic E-state index is 0.0341. The van der Waals surface area contributed by atoms with E-state index in [0.717, 1.165) is 22.7 Å². The number of rotatable bonds is 16. The van der Waals surface area contributed by atoms with Crippen molar-refractivity contribution in [3.63, 3.8) is 0 Å². The summed E-state index contributed by atoms with van der Waals surface area (Å²) >= 11 is 1.55. The third-order valence-electron chi connectivity index (χ3n) is 5.66. The molecule has 4 aromatic rings. The summed E-state index contributed by atoms with van der Waals surface area (Å²) in [5.74, 6) is -6.85. The number of hydrogen-bond donors (Lipinski definition) is 2. The number of ketones is 2. The first-order chi connectivity index (χ1) is 20.9. The first kappa shape index (κ1) is 32.1. The lowest BCUT2D eigenvalue weighted by atomic mass is 10.2. The fourth-order valence-electron chi connectivity index (χ4n) is 3.56. The van der Waals surface area contributed by atoms with Crippen molar-refractivity contribution >= 4 is 66.9 Å². The van der Waals surface area contributed by atoms with E-state index in [9.17, 15) is 19.2 Å². The average Bonchev–Trinajstić information content (AvgIpc) is 3.62. The topological polar surface area (TPSA) is 197 Å². The zero-order valence-electron chi connectivity index (χ0n) is 23.0. The van der Waals surface area contributed by atoms with Crippen molar-refractivity contribution in [2.75, 3.05) is 27.4 Å². The molecule has 0 unspecified atom stereocenters. The molecule has 0 radical (unpaired) electrons. The van der Waals surface area contributed by atoms with Crippen molar-refractivity contribution < 1.29 is 57.1 Å². The number of carboxylic acids is 2. The molecule has 0 bridgehead atoms. The van der Waals surface area contributed by atoms with Crippen molar-refractivity contribution in [3.8, 4) is 23.3 Å². The Labute approximate surface area is 253 Å². The molecule has 232 valence electrons. The van der Waals surface area contributed by atoms with Crippen LogP contribution in [-0.2, 0) is 9.59 Å². The van der Waals surface area contributed by atoms with Gasteiger partial charge in [0.05, 0.1) is 27.1 Å². The Hall–Kier alpha value is -4.84. The normalized spacial score (nSPS) is 11.0. The molecule has 0 spiro atoms. The molecule has 0 saturated carbocycles. The van der Waals surface area contributed by atoms with Gasteiger partial charge in [-0.15, -0.1) is 0 Å². The number of halogens is 2. The average molecular weight is 653 g/mol. The Bertz CT molecular complexity index is 1680. The van der Waals surface area contributed by atoms with Gasteiger partial charge in [0.15, 0.2) is 42.9 Å². The SMILES string of the molecule is C=C(COc1c(OC)nc2sc(C(=O)CCC(=O)O)nc2c1F)COc1c(OC)nc2sc(C(=O)CCC(=O)O)nc2c1F. The Morgan fingerprint density at radius 3 is 1.43 bits per heavy atom. The zero-order valence-corrected chi connectivity index (χ0v) is 24.6. The second-order valence-electron chi connectivity index (χ2n) is 8.84. The van der Waals surface area contributed by atoms with E-state index >= 15 is 8.78 Å². The second kappa shape index (κ2) is 13.6. The fourth-order valence-corrected chi connectivity index (χ4v) is 5.35. The molecular formula is C26H22F2N4O10S2. The molecule has 44 heavy (non-hydrogen) atoms. The van der Waals surface area contributed by atoms with Crippen LogP contribution in [0.4, 0.5) is 8.78 Å². The number of carbonyl (C=O) groups is 4. The maximum Gasteiger partial charge on any atom is 0.303 e. The number of carboxylic acid groups (broad SMARTS) is 2. The highest BCUT2D eigenvalue weighted by Gasteiger charge is 2.25. The lowest BCUT2D eigenvalue weighted by molar-refractivity contribution is -0.137. The number of carbonyl (C=O) groups excluding carboxylic acids is 2. The zero-order chi connectivity index (χ0) is 32.1. The van der Waals surface area contributed by atoms with Crippen LogP contribution in [0.15, 0.2) is 12.2 Å². The second-order valence-corrected chi connectivity index (χ2v) is 10.8. The third-order valence-corrected chi connectivity index (χ3v) is 7.65. The van der Waals surface area contributed by atoms with E-state index < -0.39 is 59.5 Å². The molecule has 0 saturated heterocycles. The molecule has 0 aliphatic heterocycles. The van der Waals surface area contributed by atoms with Gasteiger partial charge >= 0.3 is 11.9 Å². The largest absolute Gasteiger partial charge is 0.481 e. The minimum Gasteiger partial charge on any atom is -0.481 e. The highest BCUT2D eigenvalue weighted by Crippen LogP contribution is 2.37. The number of Topliss-reactive ketones (excluding diaryl/α,β-unsaturated/α-hetero) is 2. The number of nitrogens with zero attached hydrogens (tertiary/aromatic N) is 4. The minimum atomic E-state index is -1.16. The lowest BCUT2D eigenvalue weighted by Gasteiger charge is -2.14. The van der Waals surface area contributed by atoms with Crippen LogP contribution in [0.25, 0.3) is 20.7 Å². The third kappa shape index (κ3) is 7.03. The van der Waals surface area contributed by atoms with Gasteiger partial charge in [-0.2, -0.15) is 9.97 Å². The van der Waals surface area contributed by atoms with Gasteiger partial charge in [0.2, 0.25) is 11.5 Å². The van der Waals surface area contributed by atoms with Crippen molar-refractivity contribution in [1.82, 2.24) is 19.9 Å². The van der Waals surface area contributed by atoms with Gasteiger partial charge in [-0.05, 0) is 5.57 Å². The van der Waals surface area contributed by atoms with E-state index in [4.69, 9.17) is 29.2 Å². The van der Waals surface area contributed by atoms with Gasteiger partial charge in [-0.3, -0.25) is 19.2 Å². The van der Waals surface area contributed by atoms with Crippen molar-refractivity contribution in [2.45, 2.75) is 25.7 Å². The first-order valence-electron chi connectivity index (χ1n) is 12.4. The quantitative estimate of drug-likeness (QED) is 0.130. The van der Waals surface area contributed by atoms with Crippen LogP contribution in [0.1, 0.15) is 45.3 Å². The molecule has 0 aliphatic rings. The Balaban J connectivity index is 1.48. The van der Waals surface area contributed by atoms with Crippen LogP contribution in [0.3, 0.4) is 0 Å². The highest BCUT2D eigenvalue weighted by atomic mass is 32.1. The Kier molecular flexibility index (Phi) is 9.94. The van der Waals surface area contributed by atoms with Gasteiger partial charge in [0.25, 0.3) is 11.8 Å².